The number of fused-ring (bicyclic) bond motifs is 1. The topological polar surface area (TPSA) is 59.8 Å². The maximum Gasteiger partial charge on any atom is 0.244 e. The van der Waals surface area contributed by atoms with Gasteiger partial charge in [-0.25, -0.2) is 4.98 Å². The van der Waals surface area contributed by atoms with Gasteiger partial charge >= 0.3 is 0 Å². The van der Waals surface area contributed by atoms with Crippen molar-refractivity contribution in [1.29, 1.82) is 0 Å². The molecule has 0 radical (unpaired) electrons. The molecule has 0 unspecified atom stereocenters. The highest BCUT2D eigenvalue weighted by Crippen LogP contribution is 2.17. The summed E-state index contributed by atoms with van der Waals surface area (Å²) in [6, 6.07) is 19.8. The Morgan fingerprint density at radius 3 is 2.44 bits per heavy atom. The number of imidazole rings is 1. The van der Waals surface area contributed by atoms with Crippen LogP contribution in [0.2, 0.25) is 0 Å². The Morgan fingerprint density at radius 1 is 0.963 bits per heavy atom. The van der Waals surface area contributed by atoms with E-state index >= 15 is 0 Å². The van der Waals surface area contributed by atoms with Crippen molar-refractivity contribution in [2.75, 3.05) is 5.32 Å². The molecule has 27 heavy (non-hydrogen) atoms. The highest BCUT2D eigenvalue weighted by atomic mass is 16.1. The monoisotopic (exact) mass is 356 g/mol. The summed E-state index contributed by atoms with van der Waals surface area (Å²) in [6.45, 7) is 2.16. The van der Waals surface area contributed by atoms with Crippen LogP contribution in [0.15, 0.2) is 73.1 Å². The third kappa shape index (κ3) is 3.87. The largest absolute Gasteiger partial charge is 0.325 e. The van der Waals surface area contributed by atoms with Gasteiger partial charge in [-0.1, -0.05) is 24.3 Å². The molecular weight excluding hydrogens is 336 g/mol. The van der Waals surface area contributed by atoms with Crippen molar-refractivity contribution >= 4 is 22.6 Å². The van der Waals surface area contributed by atoms with E-state index in [-0.39, 0.29) is 12.5 Å². The number of benzene rings is 2. The molecule has 0 spiro atoms. The molecule has 0 aliphatic rings. The van der Waals surface area contributed by atoms with E-state index in [2.05, 4.69) is 15.3 Å². The number of aromatic nitrogens is 3. The molecule has 0 bridgehead atoms. The second-order valence-electron chi connectivity index (χ2n) is 6.51. The number of amides is 1. The fourth-order valence-electron chi connectivity index (χ4n) is 3.18. The van der Waals surface area contributed by atoms with Crippen molar-refractivity contribution in [2.45, 2.75) is 19.9 Å². The number of nitrogens with zero attached hydrogens (tertiary/aromatic N) is 3. The van der Waals surface area contributed by atoms with Crippen molar-refractivity contribution in [3.8, 4) is 0 Å². The summed E-state index contributed by atoms with van der Waals surface area (Å²) in [5, 5.41) is 2.97. The Bertz CT molecular complexity index is 1070. The molecule has 4 rings (SSSR count). The quantitative estimate of drug-likeness (QED) is 0.589. The van der Waals surface area contributed by atoms with E-state index in [4.69, 9.17) is 0 Å². The van der Waals surface area contributed by atoms with Crippen molar-refractivity contribution in [1.82, 2.24) is 14.5 Å². The van der Waals surface area contributed by atoms with E-state index < -0.39 is 0 Å². The number of nitrogens with one attached hydrogen (secondary N) is 1. The van der Waals surface area contributed by atoms with Crippen LogP contribution in [-0.2, 0) is 17.8 Å². The standard InChI is InChI=1S/C22H20N4O/c1-16-24-20-4-2-3-5-21(20)26(16)15-22(27)25-19-8-6-17(7-9-19)14-18-10-12-23-13-11-18/h2-13H,14-15H2,1H3,(H,25,27). The number of anilines is 1. The average Bonchev–Trinajstić information content (AvgIpc) is 2.99. The zero-order chi connectivity index (χ0) is 18.6. The lowest BCUT2D eigenvalue weighted by atomic mass is 10.1. The zero-order valence-electron chi connectivity index (χ0n) is 15.1. The maximum atomic E-state index is 12.5. The Labute approximate surface area is 157 Å². The van der Waals surface area contributed by atoms with Crippen molar-refractivity contribution in [3.05, 3.63) is 90.0 Å². The minimum absolute atomic E-state index is 0.0665. The summed E-state index contributed by atoms with van der Waals surface area (Å²) >= 11 is 0. The number of carbonyl (C=O) groups is 1. The molecule has 0 aliphatic heterocycles. The van der Waals surface area contributed by atoms with Crippen molar-refractivity contribution < 1.29 is 4.79 Å². The molecule has 0 aliphatic carbocycles. The predicted molar refractivity (Wildman–Crippen MR) is 107 cm³/mol. The van der Waals surface area contributed by atoms with E-state index in [1.807, 2.05) is 72.2 Å². The average molecular weight is 356 g/mol. The van der Waals surface area contributed by atoms with E-state index in [1.54, 1.807) is 12.4 Å². The lowest BCUT2D eigenvalue weighted by molar-refractivity contribution is -0.116. The molecule has 1 N–H and O–H groups in total. The maximum absolute atomic E-state index is 12.5. The first-order chi connectivity index (χ1) is 13.2. The molecule has 4 aromatic rings. The van der Waals surface area contributed by atoms with E-state index in [1.165, 1.54) is 11.1 Å². The van der Waals surface area contributed by atoms with Gasteiger partial charge in [-0.2, -0.15) is 0 Å². The fourth-order valence-corrected chi connectivity index (χ4v) is 3.18. The van der Waals surface area contributed by atoms with Gasteiger partial charge < -0.3 is 9.88 Å². The number of pyridine rings is 1. The number of aryl methyl sites for hydroxylation is 1. The van der Waals surface area contributed by atoms with Gasteiger partial charge in [-0.05, 0) is 60.9 Å². The SMILES string of the molecule is Cc1nc2ccccc2n1CC(=O)Nc1ccc(Cc2ccncc2)cc1. The number of hydrogen-bond donors (Lipinski definition) is 1. The van der Waals surface area contributed by atoms with Crippen LogP contribution < -0.4 is 5.32 Å². The van der Waals surface area contributed by atoms with Crippen LogP contribution in [0.4, 0.5) is 5.69 Å². The van der Waals surface area contributed by atoms with Crippen LogP contribution in [0.5, 0.6) is 0 Å². The van der Waals surface area contributed by atoms with Gasteiger partial charge in [0.25, 0.3) is 0 Å². The molecule has 2 aromatic carbocycles. The molecule has 1 amide bonds. The number of hydrogen-bond acceptors (Lipinski definition) is 3. The molecule has 0 fully saturated rings. The van der Waals surface area contributed by atoms with Crippen LogP contribution >= 0.6 is 0 Å². The highest BCUT2D eigenvalue weighted by Gasteiger charge is 2.11. The minimum atomic E-state index is -0.0665. The summed E-state index contributed by atoms with van der Waals surface area (Å²) in [6.07, 6.45) is 4.44. The van der Waals surface area contributed by atoms with Crippen LogP contribution in [0.25, 0.3) is 11.0 Å². The van der Waals surface area contributed by atoms with Gasteiger partial charge in [-0.15, -0.1) is 0 Å². The smallest absolute Gasteiger partial charge is 0.244 e. The summed E-state index contributed by atoms with van der Waals surface area (Å²) < 4.78 is 1.93. The van der Waals surface area contributed by atoms with Crippen molar-refractivity contribution in [2.24, 2.45) is 0 Å². The Kier molecular flexibility index (Phi) is 4.66. The third-order valence-electron chi connectivity index (χ3n) is 4.54. The Morgan fingerprint density at radius 2 is 1.67 bits per heavy atom. The zero-order valence-corrected chi connectivity index (χ0v) is 15.1. The molecule has 2 heterocycles. The van der Waals surface area contributed by atoms with E-state index in [0.29, 0.717) is 0 Å². The first kappa shape index (κ1) is 17.0. The van der Waals surface area contributed by atoms with E-state index in [0.717, 1.165) is 29.0 Å². The van der Waals surface area contributed by atoms with Crippen LogP contribution in [-0.4, -0.2) is 20.4 Å². The van der Waals surface area contributed by atoms with Crippen LogP contribution in [0.1, 0.15) is 17.0 Å². The second-order valence-corrected chi connectivity index (χ2v) is 6.51. The van der Waals surface area contributed by atoms with Gasteiger partial charge in [-0.3, -0.25) is 9.78 Å². The van der Waals surface area contributed by atoms with Crippen molar-refractivity contribution in [3.63, 3.8) is 0 Å². The van der Waals surface area contributed by atoms with Crippen LogP contribution in [0, 0.1) is 6.92 Å². The number of carbonyl (C=O) groups excluding carboxylic acids is 1. The predicted octanol–water partition coefficient (Wildman–Crippen LogP) is 3.97. The van der Waals surface area contributed by atoms with Gasteiger partial charge in [0.15, 0.2) is 0 Å². The lowest BCUT2D eigenvalue weighted by Crippen LogP contribution is -2.19. The summed E-state index contributed by atoms with van der Waals surface area (Å²) in [5.41, 5.74) is 5.07. The molecule has 5 heteroatoms. The highest BCUT2D eigenvalue weighted by molar-refractivity contribution is 5.91. The third-order valence-corrected chi connectivity index (χ3v) is 4.54. The van der Waals surface area contributed by atoms with Gasteiger partial charge in [0.05, 0.1) is 11.0 Å². The van der Waals surface area contributed by atoms with Gasteiger partial charge in [0, 0.05) is 18.1 Å². The Balaban J connectivity index is 1.43. The minimum Gasteiger partial charge on any atom is -0.325 e. The van der Waals surface area contributed by atoms with Gasteiger partial charge in [0.1, 0.15) is 12.4 Å². The molecule has 134 valence electrons. The molecule has 5 nitrogen and oxygen atoms in total. The fraction of sp³-hybridized carbons (Fsp3) is 0.136. The molecular formula is C22H20N4O. The normalized spacial score (nSPS) is 10.9. The molecule has 0 saturated heterocycles. The van der Waals surface area contributed by atoms with Gasteiger partial charge in [0.2, 0.25) is 5.91 Å². The summed E-state index contributed by atoms with van der Waals surface area (Å²) in [5.74, 6) is 0.766. The van der Waals surface area contributed by atoms with E-state index in [9.17, 15) is 4.79 Å². The first-order valence-corrected chi connectivity index (χ1v) is 8.88. The summed E-state index contributed by atoms with van der Waals surface area (Å²) in [4.78, 5) is 21.0. The van der Waals surface area contributed by atoms with Crippen LogP contribution in [0.3, 0.4) is 0 Å². The molecule has 0 saturated carbocycles. The molecule has 0 atom stereocenters. The summed E-state index contributed by atoms with van der Waals surface area (Å²) in [7, 11) is 0. The Hall–Kier alpha value is -3.47. The number of rotatable bonds is 5. The lowest BCUT2D eigenvalue weighted by Gasteiger charge is -2.09. The number of para-hydroxylation sites is 2. The molecule has 2 aromatic heterocycles. The first-order valence-electron chi connectivity index (χ1n) is 8.88. The second kappa shape index (κ2) is 7.41.